The van der Waals surface area contributed by atoms with Crippen molar-refractivity contribution >= 4 is 26.8 Å². The van der Waals surface area contributed by atoms with E-state index in [-0.39, 0.29) is 0 Å². The second-order valence-electron chi connectivity index (χ2n) is 4.39. The van der Waals surface area contributed by atoms with Gasteiger partial charge in [-0.25, -0.2) is 9.97 Å². The number of ether oxygens (including phenoxy) is 1. The van der Waals surface area contributed by atoms with E-state index in [2.05, 4.69) is 32.0 Å². The molecule has 1 saturated carbocycles. The summed E-state index contributed by atoms with van der Waals surface area (Å²) in [6.07, 6.45) is 3.79. The van der Waals surface area contributed by atoms with Gasteiger partial charge in [-0.3, -0.25) is 0 Å². The fourth-order valence-electron chi connectivity index (χ4n) is 2.22. The largest absolute Gasteiger partial charge is 0.497 e. The van der Waals surface area contributed by atoms with Gasteiger partial charge in [-0.05, 0) is 40.9 Å². The van der Waals surface area contributed by atoms with Gasteiger partial charge >= 0.3 is 0 Å². The lowest BCUT2D eigenvalue weighted by atomic mass is 9.81. The Bertz CT molecular complexity index is 567. The van der Waals surface area contributed by atoms with E-state index < -0.39 is 0 Å². The Kier molecular flexibility index (Phi) is 2.74. The third-order valence-corrected chi connectivity index (χ3v) is 3.75. The molecule has 4 heteroatoms. The van der Waals surface area contributed by atoms with E-state index >= 15 is 0 Å². The lowest BCUT2D eigenvalue weighted by molar-refractivity contribution is 0.411. The van der Waals surface area contributed by atoms with Crippen LogP contribution in [0.2, 0.25) is 0 Å². The molecule has 3 nitrogen and oxygen atoms in total. The second kappa shape index (κ2) is 4.26. The van der Waals surface area contributed by atoms with E-state index in [9.17, 15) is 0 Å². The normalized spacial score (nSPS) is 15.9. The van der Waals surface area contributed by atoms with Gasteiger partial charge in [-0.1, -0.05) is 6.42 Å². The number of hydrogen-bond acceptors (Lipinski definition) is 3. The van der Waals surface area contributed by atoms with Gasteiger partial charge in [-0.2, -0.15) is 0 Å². The van der Waals surface area contributed by atoms with Crippen molar-refractivity contribution < 1.29 is 4.74 Å². The molecule has 2 aromatic rings. The highest BCUT2D eigenvalue weighted by atomic mass is 79.9. The summed E-state index contributed by atoms with van der Waals surface area (Å²) in [7, 11) is 1.67. The predicted octanol–water partition coefficient (Wildman–Crippen LogP) is 3.67. The summed E-state index contributed by atoms with van der Waals surface area (Å²) in [5, 5.41) is 1.15. The Hall–Kier alpha value is -1.16. The number of aromatic nitrogens is 2. The fourth-order valence-corrected chi connectivity index (χ4v) is 2.61. The number of rotatable bonds is 2. The van der Waals surface area contributed by atoms with Gasteiger partial charge < -0.3 is 4.74 Å². The van der Waals surface area contributed by atoms with Crippen molar-refractivity contribution in [1.82, 2.24) is 9.97 Å². The van der Waals surface area contributed by atoms with Gasteiger partial charge in [0.25, 0.3) is 0 Å². The Labute approximate surface area is 108 Å². The summed E-state index contributed by atoms with van der Waals surface area (Å²) in [6.45, 7) is 0. The lowest BCUT2D eigenvalue weighted by Crippen LogP contribution is -2.11. The highest BCUT2D eigenvalue weighted by Gasteiger charge is 2.23. The van der Waals surface area contributed by atoms with Crippen molar-refractivity contribution in [3.8, 4) is 5.75 Å². The number of hydrogen-bond donors (Lipinski definition) is 0. The average Bonchev–Trinajstić information content (AvgIpc) is 2.25. The second-order valence-corrected chi connectivity index (χ2v) is 5.10. The Morgan fingerprint density at radius 2 is 2.12 bits per heavy atom. The van der Waals surface area contributed by atoms with Crippen molar-refractivity contribution in [2.45, 2.75) is 25.2 Å². The van der Waals surface area contributed by atoms with Crippen LogP contribution in [0, 0.1) is 0 Å². The summed E-state index contributed by atoms with van der Waals surface area (Å²) >= 11 is 3.39. The van der Waals surface area contributed by atoms with Gasteiger partial charge in [0.15, 0.2) is 4.73 Å². The molecule has 1 aliphatic rings. The van der Waals surface area contributed by atoms with Crippen molar-refractivity contribution in [2.75, 3.05) is 7.11 Å². The zero-order chi connectivity index (χ0) is 11.8. The zero-order valence-electron chi connectivity index (χ0n) is 9.61. The van der Waals surface area contributed by atoms with Crippen LogP contribution in [0.5, 0.6) is 5.75 Å². The number of methoxy groups -OCH3 is 1. The Morgan fingerprint density at radius 1 is 1.29 bits per heavy atom. The van der Waals surface area contributed by atoms with Crippen LogP contribution in [0.15, 0.2) is 22.9 Å². The van der Waals surface area contributed by atoms with Crippen molar-refractivity contribution in [1.29, 1.82) is 0 Å². The first-order chi connectivity index (χ1) is 8.28. The lowest BCUT2D eigenvalue weighted by Gasteiger charge is -2.25. The van der Waals surface area contributed by atoms with E-state index in [1.165, 1.54) is 25.0 Å². The molecular weight excluding hydrogens is 280 g/mol. The van der Waals surface area contributed by atoms with Crippen LogP contribution in [0.25, 0.3) is 10.9 Å². The van der Waals surface area contributed by atoms with Gasteiger partial charge in [0.1, 0.15) is 5.75 Å². The maximum absolute atomic E-state index is 5.23. The molecule has 1 aliphatic carbocycles. The SMILES string of the molecule is COc1ccc2c(C3CCC3)nc(Br)nc2c1. The quantitative estimate of drug-likeness (QED) is 0.792. The molecule has 3 rings (SSSR count). The molecule has 0 unspecified atom stereocenters. The number of benzene rings is 1. The van der Waals surface area contributed by atoms with Crippen LogP contribution in [-0.2, 0) is 0 Å². The summed E-state index contributed by atoms with van der Waals surface area (Å²) in [4.78, 5) is 8.95. The Morgan fingerprint density at radius 3 is 2.76 bits per heavy atom. The van der Waals surface area contributed by atoms with Crippen LogP contribution in [0.4, 0.5) is 0 Å². The highest BCUT2D eigenvalue weighted by molar-refractivity contribution is 9.10. The third-order valence-electron chi connectivity index (χ3n) is 3.40. The predicted molar refractivity (Wildman–Crippen MR) is 70.4 cm³/mol. The standard InChI is InChI=1S/C13H13BrN2O/c1-17-9-5-6-10-11(7-9)15-13(14)16-12(10)8-3-2-4-8/h5-8H,2-4H2,1H3. The minimum absolute atomic E-state index is 0.602. The molecule has 1 heterocycles. The van der Waals surface area contributed by atoms with E-state index in [4.69, 9.17) is 4.74 Å². The molecule has 0 saturated heterocycles. The molecule has 1 fully saturated rings. The molecule has 0 N–H and O–H groups in total. The summed E-state index contributed by atoms with van der Waals surface area (Å²) < 4.78 is 5.89. The molecule has 88 valence electrons. The first-order valence-electron chi connectivity index (χ1n) is 5.79. The van der Waals surface area contributed by atoms with Crippen molar-refractivity contribution in [2.24, 2.45) is 0 Å². The first-order valence-corrected chi connectivity index (χ1v) is 6.58. The van der Waals surface area contributed by atoms with Crippen molar-refractivity contribution in [3.63, 3.8) is 0 Å². The monoisotopic (exact) mass is 292 g/mol. The summed E-state index contributed by atoms with van der Waals surface area (Å²) in [5.74, 6) is 1.44. The van der Waals surface area contributed by atoms with E-state index in [0.717, 1.165) is 16.7 Å². The minimum Gasteiger partial charge on any atom is -0.497 e. The highest BCUT2D eigenvalue weighted by Crippen LogP contribution is 2.39. The summed E-state index contributed by atoms with van der Waals surface area (Å²) in [6, 6.07) is 6.00. The van der Waals surface area contributed by atoms with E-state index in [0.29, 0.717) is 10.7 Å². The third kappa shape index (κ3) is 1.90. The Balaban J connectivity index is 2.20. The number of nitrogens with zero attached hydrogens (tertiary/aromatic N) is 2. The number of halogens is 1. The van der Waals surface area contributed by atoms with Crippen LogP contribution in [0.1, 0.15) is 30.9 Å². The summed E-state index contributed by atoms with van der Waals surface area (Å²) in [5.41, 5.74) is 2.13. The maximum atomic E-state index is 5.23. The zero-order valence-corrected chi connectivity index (χ0v) is 11.2. The fraction of sp³-hybridized carbons (Fsp3) is 0.385. The minimum atomic E-state index is 0.602. The molecule has 1 aromatic carbocycles. The van der Waals surface area contributed by atoms with Gasteiger partial charge in [0.05, 0.1) is 18.3 Å². The molecular formula is C13H13BrN2O. The van der Waals surface area contributed by atoms with Crippen LogP contribution in [-0.4, -0.2) is 17.1 Å². The van der Waals surface area contributed by atoms with Crippen molar-refractivity contribution in [3.05, 3.63) is 28.6 Å². The van der Waals surface area contributed by atoms with Gasteiger partial charge in [0, 0.05) is 17.4 Å². The van der Waals surface area contributed by atoms with Crippen LogP contribution in [0.3, 0.4) is 0 Å². The molecule has 0 aliphatic heterocycles. The molecule has 0 radical (unpaired) electrons. The van der Waals surface area contributed by atoms with Crippen LogP contribution < -0.4 is 4.74 Å². The molecule has 1 aromatic heterocycles. The van der Waals surface area contributed by atoms with Gasteiger partial charge in [-0.15, -0.1) is 0 Å². The molecule has 0 amide bonds. The smallest absolute Gasteiger partial charge is 0.197 e. The molecule has 0 bridgehead atoms. The number of fused-ring (bicyclic) bond motifs is 1. The first kappa shape index (κ1) is 11.0. The molecule has 0 spiro atoms. The van der Waals surface area contributed by atoms with E-state index in [1.807, 2.05) is 12.1 Å². The topological polar surface area (TPSA) is 35.0 Å². The average molecular weight is 293 g/mol. The maximum Gasteiger partial charge on any atom is 0.197 e. The molecule has 17 heavy (non-hydrogen) atoms. The van der Waals surface area contributed by atoms with E-state index in [1.54, 1.807) is 7.11 Å². The van der Waals surface area contributed by atoms with Gasteiger partial charge in [0.2, 0.25) is 0 Å². The van der Waals surface area contributed by atoms with Crippen LogP contribution >= 0.6 is 15.9 Å². The molecule has 0 atom stereocenters.